The summed E-state index contributed by atoms with van der Waals surface area (Å²) in [5.41, 5.74) is 2.91. The number of hydrogen-bond donors (Lipinski definition) is 1. The summed E-state index contributed by atoms with van der Waals surface area (Å²) in [7, 11) is 0. The van der Waals surface area contributed by atoms with Crippen molar-refractivity contribution in [3.8, 4) is 0 Å². The van der Waals surface area contributed by atoms with E-state index in [1.807, 2.05) is 0 Å². The highest BCUT2D eigenvalue weighted by molar-refractivity contribution is 5.85. The van der Waals surface area contributed by atoms with Gasteiger partial charge in [0, 0.05) is 19.5 Å². The van der Waals surface area contributed by atoms with Crippen LogP contribution in [0.5, 0.6) is 0 Å². The number of rotatable bonds is 5. The molecular formula is C18H24N2O2. The Labute approximate surface area is 131 Å². The van der Waals surface area contributed by atoms with E-state index in [9.17, 15) is 9.59 Å². The van der Waals surface area contributed by atoms with E-state index in [2.05, 4.69) is 29.6 Å². The molecule has 1 aliphatic heterocycles. The number of piperidine rings is 1. The molecule has 0 spiro atoms. The molecule has 0 atom stereocenters. The standard InChI is InChI=1S/C18H24N2O2/c21-17(13-20-10-4-3-7-18(20)22)19-9-8-14-11-15-5-1-2-6-16(15)12-14/h1-2,5-6,14H,3-4,7-13H2,(H,19,21). The molecule has 1 fully saturated rings. The fourth-order valence-corrected chi connectivity index (χ4v) is 3.53. The van der Waals surface area contributed by atoms with E-state index < -0.39 is 0 Å². The smallest absolute Gasteiger partial charge is 0.239 e. The molecule has 0 unspecified atom stereocenters. The number of likely N-dealkylation sites (tertiary alicyclic amines) is 1. The Morgan fingerprint density at radius 3 is 2.59 bits per heavy atom. The number of hydrogen-bond acceptors (Lipinski definition) is 2. The largest absolute Gasteiger partial charge is 0.355 e. The number of nitrogens with one attached hydrogen (secondary N) is 1. The lowest BCUT2D eigenvalue weighted by Gasteiger charge is -2.26. The van der Waals surface area contributed by atoms with Crippen LogP contribution >= 0.6 is 0 Å². The first-order valence-electron chi connectivity index (χ1n) is 8.33. The molecule has 1 N–H and O–H groups in total. The Bertz CT molecular complexity index is 531. The molecule has 4 heteroatoms. The molecule has 0 radical (unpaired) electrons. The van der Waals surface area contributed by atoms with Crippen LogP contribution in [0.25, 0.3) is 0 Å². The first-order valence-corrected chi connectivity index (χ1v) is 8.33. The van der Waals surface area contributed by atoms with Gasteiger partial charge in [0.1, 0.15) is 0 Å². The van der Waals surface area contributed by atoms with Crippen LogP contribution in [-0.2, 0) is 22.4 Å². The van der Waals surface area contributed by atoms with Gasteiger partial charge in [-0.3, -0.25) is 9.59 Å². The van der Waals surface area contributed by atoms with Gasteiger partial charge in [-0.2, -0.15) is 0 Å². The van der Waals surface area contributed by atoms with Crippen LogP contribution in [0.1, 0.15) is 36.8 Å². The minimum Gasteiger partial charge on any atom is -0.355 e. The molecule has 1 aromatic rings. The van der Waals surface area contributed by atoms with Crippen molar-refractivity contribution in [2.45, 2.75) is 38.5 Å². The summed E-state index contributed by atoms with van der Waals surface area (Å²) >= 11 is 0. The summed E-state index contributed by atoms with van der Waals surface area (Å²) in [6.45, 7) is 1.66. The van der Waals surface area contributed by atoms with E-state index in [-0.39, 0.29) is 18.4 Å². The van der Waals surface area contributed by atoms with E-state index >= 15 is 0 Å². The first kappa shape index (κ1) is 15.1. The topological polar surface area (TPSA) is 49.4 Å². The lowest BCUT2D eigenvalue weighted by Crippen LogP contribution is -2.43. The number of nitrogens with zero attached hydrogens (tertiary/aromatic N) is 1. The lowest BCUT2D eigenvalue weighted by molar-refractivity contribution is -0.137. The second kappa shape index (κ2) is 6.95. The summed E-state index contributed by atoms with van der Waals surface area (Å²) in [6, 6.07) is 8.60. The highest BCUT2D eigenvalue weighted by atomic mass is 16.2. The third-order valence-corrected chi connectivity index (χ3v) is 4.77. The molecule has 4 nitrogen and oxygen atoms in total. The van der Waals surface area contributed by atoms with Crippen molar-refractivity contribution >= 4 is 11.8 Å². The average Bonchev–Trinajstić information content (AvgIpc) is 2.92. The molecule has 1 aliphatic carbocycles. The first-order chi connectivity index (χ1) is 10.7. The van der Waals surface area contributed by atoms with Gasteiger partial charge in [0.15, 0.2) is 0 Å². The van der Waals surface area contributed by atoms with E-state index in [4.69, 9.17) is 0 Å². The predicted octanol–water partition coefficient (Wildman–Crippen LogP) is 1.92. The maximum absolute atomic E-state index is 11.9. The number of fused-ring (bicyclic) bond motifs is 1. The molecule has 118 valence electrons. The molecular weight excluding hydrogens is 276 g/mol. The fourth-order valence-electron chi connectivity index (χ4n) is 3.53. The van der Waals surface area contributed by atoms with Gasteiger partial charge in [-0.25, -0.2) is 0 Å². The highest BCUT2D eigenvalue weighted by Crippen LogP contribution is 2.28. The Morgan fingerprint density at radius 2 is 1.91 bits per heavy atom. The summed E-state index contributed by atoms with van der Waals surface area (Å²) in [5.74, 6) is 0.729. The van der Waals surface area contributed by atoms with Crippen LogP contribution in [0.4, 0.5) is 0 Å². The monoisotopic (exact) mass is 300 g/mol. The Hall–Kier alpha value is -1.84. The number of amides is 2. The van der Waals surface area contributed by atoms with Crippen LogP contribution in [0.3, 0.4) is 0 Å². The molecule has 0 saturated carbocycles. The Balaban J connectivity index is 1.37. The number of carbonyl (C=O) groups is 2. The van der Waals surface area contributed by atoms with Crippen LogP contribution in [0.2, 0.25) is 0 Å². The van der Waals surface area contributed by atoms with Gasteiger partial charge in [-0.15, -0.1) is 0 Å². The molecule has 1 saturated heterocycles. The average molecular weight is 300 g/mol. The molecule has 1 heterocycles. The molecule has 0 aromatic heterocycles. The molecule has 22 heavy (non-hydrogen) atoms. The molecule has 0 bridgehead atoms. The van der Waals surface area contributed by atoms with Gasteiger partial charge in [0.2, 0.25) is 11.8 Å². The van der Waals surface area contributed by atoms with Crippen LogP contribution < -0.4 is 5.32 Å². The Morgan fingerprint density at radius 1 is 1.18 bits per heavy atom. The molecule has 1 aromatic carbocycles. The second-order valence-electron chi connectivity index (χ2n) is 6.45. The lowest BCUT2D eigenvalue weighted by atomic mass is 10.0. The summed E-state index contributed by atoms with van der Waals surface area (Å²) in [4.78, 5) is 25.3. The zero-order valence-electron chi connectivity index (χ0n) is 13.0. The van der Waals surface area contributed by atoms with Crippen molar-refractivity contribution in [2.24, 2.45) is 5.92 Å². The molecule has 2 aliphatic rings. The second-order valence-corrected chi connectivity index (χ2v) is 6.45. The zero-order chi connectivity index (χ0) is 15.4. The van der Waals surface area contributed by atoms with Crippen molar-refractivity contribution in [3.05, 3.63) is 35.4 Å². The van der Waals surface area contributed by atoms with Crippen molar-refractivity contribution in [2.75, 3.05) is 19.6 Å². The van der Waals surface area contributed by atoms with Crippen molar-refractivity contribution in [1.29, 1.82) is 0 Å². The van der Waals surface area contributed by atoms with Crippen LogP contribution in [0.15, 0.2) is 24.3 Å². The number of carbonyl (C=O) groups excluding carboxylic acids is 2. The van der Waals surface area contributed by atoms with E-state index in [0.717, 1.165) is 38.6 Å². The van der Waals surface area contributed by atoms with Gasteiger partial charge >= 0.3 is 0 Å². The summed E-state index contributed by atoms with van der Waals surface area (Å²) in [6.07, 6.45) is 5.81. The SMILES string of the molecule is O=C(CN1CCCCC1=O)NCCC1Cc2ccccc2C1. The van der Waals surface area contributed by atoms with Crippen LogP contribution in [-0.4, -0.2) is 36.3 Å². The van der Waals surface area contributed by atoms with Crippen molar-refractivity contribution < 1.29 is 9.59 Å². The minimum absolute atomic E-state index is 0.0224. The van der Waals surface area contributed by atoms with Gasteiger partial charge in [0.25, 0.3) is 0 Å². The van der Waals surface area contributed by atoms with Gasteiger partial charge < -0.3 is 10.2 Å². The van der Waals surface area contributed by atoms with E-state index in [1.54, 1.807) is 4.90 Å². The van der Waals surface area contributed by atoms with Gasteiger partial charge in [0.05, 0.1) is 6.54 Å². The normalized spacial score (nSPS) is 18.4. The predicted molar refractivity (Wildman–Crippen MR) is 85.4 cm³/mol. The number of benzene rings is 1. The van der Waals surface area contributed by atoms with Crippen LogP contribution in [0, 0.1) is 5.92 Å². The van der Waals surface area contributed by atoms with Crippen molar-refractivity contribution in [3.63, 3.8) is 0 Å². The fraction of sp³-hybridized carbons (Fsp3) is 0.556. The van der Waals surface area contributed by atoms with E-state index in [0.29, 0.717) is 18.9 Å². The van der Waals surface area contributed by atoms with E-state index in [1.165, 1.54) is 11.1 Å². The summed E-state index contributed by atoms with van der Waals surface area (Å²) < 4.78 is 0. The maximum atomic E-state index is 11.9. The third-order valence-electron chi connectivity index (χ3n) is 4.77. The van der Waals surface area contributed by atoms with Gasteiger partial charge in [-0.1, -0.05) is 24.3 Å². The minimum atomic E-state index is -0.0224. The van der Waals surface area contributed by atoms with Crippen molar-refractivity contribution in [1.82, 2.24) is 10.2 Å². The third kappa shape index (κ3) is 3.67. The maximum Gasteiger partial charge on any atom is 0.239 e. The molecule has 3 rings (SSSR count). The zero-order valence-corrected chi connectivity index (χ0v) is 13.0. The van der Waals surface area contributed by atoms with Gasteiger partial charge in [-0.05, 0) is 49.1 Å². The Kier molecular flexibility index (Phi) is 4.76. The highest BCUT2D eigenvalue weighted by Gasteiger charge is 2.22. The summed E-state index contributed by atoms with van der Waals surface area (Å²) in [5, 5.41) is 2.97. The quantitative estimate of drug-likeness (QED) is 0.903. The molecule has 2 amide bonds.